The molecule has 0 aromatic heterocycles. The van der Waals surface area contributed by atoms with E-state index in [0.717, 1.165) is 5.56 Å². The Balaban J connectivity index is 1.78. The van der Waals surface area contributed by atoms with Gasteiger partial charge >= 0.3 is 6.03 Å². The highest BCUT2D eigenvalue weighted by Crippen LogP contribution is 2.20. The number of anilines is 1. The second-order valence-electron chi connectivity index (χ2n) is 4.95. The Morgan fingerprint density at radius 1 is 1.26 bits per heavy atom. The molecule has 0 aliphatic rings. The summed E-state index contributed by atoms with van der Waals surface area (Å²) in [6.45, 7) is 0.292. The van der Waals surface area contributed by atoms with Gasteiger partial charge in [0.15, 0.2) is 11.6 Å². The first kappa shape index (κ1) is 16.8. The number of rotatable bonds is 6. The van der Waals surface area contributed by atoms with Gasteiger partial charge in [-0.15, -0.1) is 0 Å². The Kier molecular flexibility index (Phi) is 5.94. The number of benzene rings is 2. The molecule has 6 heteroatoms. The first-order valence-electron chi connectivity index (χ1n) is 7.21. The summed E-state index contributed by atoms with van der Waals surface area (Å²) < 4.78 is 18.3. The van der Waals surface area contributed by atoms with Crippen molar-refractivity contribution in [1.82, 2.24) is 5.32 Å². The standard InChI is InChI=1S/C17H19FN2O3/c1-23-16-8-7-13(11-14(16)18)20-17(22)19-10-9-15(21)12-5-3-2-4-6-12/h2-8,11,15,21H,9-10H2,1H3,(H2,19,20,22)/t15-/m0/s1. The molecule has 2 aromatic carbocycles. The van der Waals surface area contributed by atoms with Gasteiger partial charge in [0.1, 0.15) is 0 Å². The fourth-order valence-corrected chi connectivity index (χ4v) is 2.08. The summed E-state index contributed by atoms with van der Waals surface area (Å²) >= 11 is 0. The van der Waals surface area contributed by atoms with Crippen LogP contribution in [0, 0.1) is 5.82 Å². The van der Waals surface area contributed by atoms with E-state index in [-0.39, 0.29) is 5.75 Å². The fraction of sp³-hybridized carbons (Fsp3) is 0.235. The topological polar surface area (TPSA) is 70.6 Å². The minimum Gasteiger partial charge on any atom is -0.494 e. The summed E-state index contributed by atoms with van der Waals surface area (Å²) in [6.07, 6.45) is -0.260. The molecule has 3 N–H and O–H groups in total. The molecular weight excluding hydrogens is 299 g/mol. The van der Waals surface area contributed by atoms with E-state index in [1.54, 1.807) is 6.07 Å². The minimum atomic E-state index is -0.644. The van der Waals surface area contributed by atoms with Crippen LogP contribution in [-0.2, 0) is 0 Å². The lowest BCUT2D eigenvalue weighted by Crippen LogP contribution is -2.30. The number of amides is 2. The van der Waals surface area contributed by atoms with Crippen molar-refractivity contribution in [2.24, 2.45) is 0 Å². The number of aliphatic hydroxyl groups is 1. The molecular formula is C17H19FN2O3. The normalized spacial score (nSPS) is 11.6. The molecule has 1 atom stereocenters. The third kappa shape index (κ3) is 4.96. The number of carbonyl (C=O) groups excluding carboxylic acids is 1. The van der Waals surface area contributed by atoms with Gasteiger partial charge in [-0.3, -0.25) is 0 Å². The van der Waals surface area contributed by atoms with Gasteiger partial charge in [0.2, 0.25) is 0 Å². The van der Waals surface area contributed by atoms with Crippen LogP contribution in [0.3, 0.4) is 0 Å². The second kappa shape index (κ2) is 8.14. The molecule has 2 aromatic rings. The van der Waals surface area contributed by atoms with E-state index in [0.29, 0.717) is 18.7 Å². The number of hydrogen-bond acceptors (Lipinski definition) is 3. The molecule has 0 spiro atoms. The van der Waals surface area contributed by atoms with E-state index in [1.807, 2.05) is 30.3 Å². The highest BCUT2D eigenvalue weighted by Gasteiger charge is 2.09. The molecule has 23 heavy (non-hydrogen) atoms. The maximum absolute atomic E-state index is 13.5. The molecule has 0 bridgehead atoms. The lowest BCUT2D eigenvalue weighted by molar-refractivity contribution is 0.167. The van der Waals surface area contributed by atoms with Gasteiger partial charge in [-0.25, -0.2) is 9.18 Å². The molecule has 0 aliphatic heterocycles. The molecule has 0 saturated carbocycles. The number of halogens is 1. The van der Waals surface area contributed by atoms with Crippen molar-refractivity contribution < 1.29 is 19.0 Å². The molecule has 0 fully saturated rings. The minimum absolute atomic E-state index is 0.113. The van der Waals surface area contributed by atoms with Crippen molar-refractivity contribution in [1.29, 1.82) is 0 Å². The summed E-state index contributed by atoms with van der Waals surface area (Å²) in [5.41, 5.74) is 1.12. The average molecular weight is 318 g/mol. The number of hydrogen-bond donors (Lipinski definition) is 3. The fourth-order valence-electron chi connectivity index (χ4n) is 2.08. The van der Waals surface area contributed by atoms with Crippen LogP contribution in [-0.4, -0.2) is 24.8 Å². The number of aliphatic hydroxyl groups excluding tert-OH is 1. The zero-order chi connectivity index (χ0) is 16.7. The maximum Gasteiger partial charge on any atom is 0.319 e. The Morgan fingerprint density at radius 2 is 2.00 bits per heavy atom. The number of methoxy groups -OCH3 is 1. The van der Waals surface area contributed by atoms with Crippen molar-refractivity contribution >= 4 is 11.7 Å². The van der Waals surface area contributed by atoms with E-state index in [1.165, 1.54) is 19.2 Å². The third-order valence-electron chi connectivity index (χ3n) is 3.30. The molecule has 122 valence electrons. The number of carbonyl (C=O) groups is 1. The molecule has 0 saturated heterocycles. The smallest absolute Gasteiger partial charge is 0.319 e. The quantitative estimate of drug-likeness (QED) is 0.766. The van der Waals surface area contributed by atoms with Crippen LogP contribution in [0.15, 0.2) is 48.5 Å². The van der Waals surface area contributed by atoms with Gasteiger partial charge in [-0.05, 0) is 24.1 Å². The molecule has 2 rings (SSSR count). The second-order valence-corrected chi connectivity index (χ2v) is 4.95. The van der Waals surface area contributed by atoms with Crippen LogP contribution in [0.1, 0.15) is 18.1 Å². The lowest BCUT2D eigenvalue weighted by atomic mass is 10.1. The monoisotopic (exact) mass is 318 g/mol. The average Bonchev–Trinajstić information content (AvgIpc) is 2.55. The number of urea groups is 1. The maximum atomic E-state index is 13.5. The van der Waals surface area contributed by atoms with Crippen molar-refractivity contribution in [2.75, 3.05) is 19.0 Å². The van der Waals surface area contributed by atoms with Crippen molar-refractivity contribution in [3.05, 3.63) is 59.9 Å². The van der Waals surface area contributed by atoms with Crippen molar-refractivity contribution in [3.8, 4) is 5.75 Å². The van der Waals surface area contributed by atoms with E-state index >= 15 is 0 Å². The highest BCUT2D eigenvalue weighted by molar-refractivity contribution is 5.89. The van der Waals surface area contributed by atoms with E-state index in [9.17, 15) is 14.3 Å². The Bertz CT molecular complexity index is 650. The predicted octanol–water partition coefficient (Wildman–Crippen LogP) is 3.08. The summed E-state index contributed by atoms with van der Waals surface area (Å²) in [7, 11) is 1.37. The molecule has 0 radical (unpaired) electrons. The van der Waals surface area contributed by atoms with E-state index in [2.05, 4.69) is 10.6 Å². The first-order chi connectivity index (χ1) is 11.1. The van der Waals surface area contributed by atoms with Crippen LogP contribution >= 0.6 is 0 Å². The van der Waals surface area contributed by atoms with Gasteiger partial charge in [-0.1, -0.05) is 30.3 Å². The van der Waals surface area contributed by atoms with Crippen LogP contribution in [0.4, 0.5) is 14.9 Å². The lowest BCUT2D eigenvalue weighted by Gasteiger charge is -2.12. The SMILES string of the molecule is COc1ccc(NC(=O)NCC[C@H](O)c2ccccc2)cc1F. The molecule has 0 aliphatic carbocycles. The molecule has 0 unspecified atom stereocenters. The van der Waals surface area contributed by atoms with Crippen molar-refractivity contribution in [2.45, 2.75) is 12.5 Å². The number of nitrogens with one attached hydrogen (secondary N) is 2. The van der Waals surface area contributed by atoms with Crippen LogP contribution < -0.4 is 15.4 Å². The summed E-state index contributed by atoms with van der Waals surface area (Å²) in [5.74, 6) is -0.438. The first-order valence-corrected chi connectivity index (χ1v) is 7.21. The van der Waals surface area contributed by atoms with Gasteiger partial charge in [0.25, 0.3) is 0 Å². The van der Waals surface area contributed by atoms with Gasteiger partial charge < -0.3 is 20.5 Å². The Morgan fingerprint density at radius 3 is 2.65 bits per heavy atom. The molecule has 5 nitrogen and oxygen atoms in total. The van der Waals surface area contributed by atoms with Gasteiger partial charge in [-0.2, -0.15) is 0 Å². The van der Waals surface area contributed by atoms with E-state index < -0.39 is 18.0 Å². The summed E-state index contributed by atoms with van der Waals surface area (Å²) in [4.78, 5) is 11.7. The van der Waals surface area contributed by atoms with Crippen molar-refractivity contribution in [3.63, 3.8) is 0 Å². The molecule has 0 heterocycles. The third-order valence-corrected chi connectivity index (χ3v) is 3.30. The Hall–Kier alpha value is -2.60. The van der Waals surface area contributed by atoms with Gasteiger partial charge in [0.05, 0.1) is 13.2 Å². The van der Waals surface area contributed by atoms with E-state index in [4.69, 9.17) is 4.74 Å². The summed E-state index contributed by atoms with van der Waals surface area (Å²) in [6, 6.07) is 12.9. The van der Waals surface area contributed by atoms with Crippen LogP contribution in [0.25, 0.3) is 0 Å². The number of ether oxygens (including phenoxy) is 1. The van der Waals surface area contributed by atoms with Gasteiger partial charge in [0, 0.05) is 18.3 Å². The zero-order valence-corrected chi connectivity index (χ0v) is 12.8. The zero-order valence-electron chi connectivity index (χ0n) is 12.8. The Labute approximate surface area is 134 Å². The predicted molar refractivity (Wildman–Crippen MR) is 86.0 cm³/mol. The van der Waals surface area contributed by atoms with Crippen LogP contribution in [0.2, 0.25) is 0 Å². The highest BCUT2D eigenvalue weighted by atomic mass is 19.1. The van der Waals surface area contributed by atoms with Crippen LogP contribution in [0.5, 0.6) is 5.75 Å². The largest absolute Gasteiger partial charge is 0.494 e. The molecule has 2 amide bonds. The summed E-state index contributed by atoms with van der Waals surface area (Å²) in [5, 5.41) is 15.1.